The second-order valence-electron chi connectivity index (χ2n) is 10.4. The minimum Gasteiger partial charge on any atom is -0.508 e. The first-order valence-corrected chi connectivity index (χ1v) is 13.9. The molecule has 44 heavy (non-hydrogen) atoms. The zero-order chi connectivity index (χ0) is 30.0. The van der Waals surface area contributed by atoms with Gasteiger partial charge in [-0.3, -0.25) is 4.79 Å². The van der Waals surface area contributed by atoms with Crippen molar-refractivity contribution in [2.24, 2.45) is 5.92 Å². The van der Waals surface area contributed by atoms with Crippen LogP contribution in [0.1, 0.15) is 33.7 Å². The molecular weight excluding hydrogens is 693 g/mol. The molecule has 225 valence electrons. The predicted molar refractivity (Wildman–Crippen MR) is 156 cm³/mol. The molecule has 0 fully saturated rings. The molecule has 6 rings (SSSR count). The van der Waals surface area contributed by atoms with E-state index in [9.17, 15) is 15.0 Å². The SMILES string of the molecule is COC(=O)[C@@H]1[C@@H](c2ccc3c(c2)OCO3)c2ccc(O)cc2C1(O)c1ccc(OC)cc1OCCOCc1ccccc1.[Pr]. The number of aromatic hydroxyl groups is 1. The number of hydrogen-bond donors (Lipinski definition) is 2. The summed E-state index contributed by atoms with van der Waals surface area (Å²) in [6, 6.07) is 25.0. The number of carbonyl (C=O) groups is 1. The summed E-state index contributed by atoms with van der Waals surface area (Å²) in [5, 5.41) is 23.4. The fraction of sp³-hybridized carbons (Fsp3) is 0.265. The average molecular weight is 726 g/mol. The molecule has 10 heteroatoms. The van der Waals surface area contributed by atoms with Crippen molar-refractivity contribution in [1.82, 2.24) is 0 Å². The minimum atomic E-state index is -1.95. The summed E-state index contributed by atoms with van der Waals surface area (Å²) in [5.41, 5.74) is 1.14. The number of hydrogen-bond acceptors (Lipinski definition) is 9. The summed E-state index contributed by atoms with van der Waals surface area (Å²) in [5.74, 6) is -0.528. The largest absolute Gasteiger partial charge is 0.508 e. The Morgan fingerprint density at radius 3 is 2.48 bits per heavy atom. The molecular formula is C34H32O9Pr. The van der Waals surface area contributed by atoms with E-state index in [0.29, 0.717) is 51.9 Å². The Hall–Kier alpha value is -3.37. The Balaban J connectivity index is 0.00000384. The molecule has 0 aromatic heterocycles. The zero-order valence-corrected chi connectivity index (χ0v) is 28.1. The van der Waals surface area contributed by atoms with Gasteiger partial charge in [0.25, 0.3) is 0 Å². The number of rotatable bonds is 10. The van der Waals surface area contributed by atoms with Crippen molar-refractivity contribution in [3.8, 4) is 28.7 Å². The monoisotopic (exact) mass is 725 g/mol. The van der Waals surface area contributed by atoms with Crippen LogP contribution in [0.5, 0.6) is 28.7 Å². The summed E-state index contributed by atoms with van der Waals surface area (Å²) in [4.78, 5) is 13.7. The Bertz CT molecular complexity index is 1630. The molecule has 1 aliphatic heterocycles. The maximum absolute atomic E-state index is 13.7. The topological polar surface area (TPSA) is 113 Å². The second kappa shape index (κ2) is 13.7. The van der Waals surface area contributed by atoms with Gasteiger partial charge in [0, 0.05) is 58.8 Å². The first kappa shape index (κ1) is 32.0. The van der Waals surface area contributed by atoms with Crippen LogP contribution in [-0.4, -0.2) is 50.4 Å². The van der Waals surface area contributed by atoms with Gasteiger partial charge in [0.15, 0.2) is 11.5 Å². The third kappa shape index (κ3) is 5.98. The molecule has 4 aromatic carbocycles. The fourth-order valence-electron chi connectivity index (χ4n) is 6.00. The molecule has 0 saturated heterocycles. The molecule has 0 bridgehead atoms. The van der Waals surface area contributed by atoms with Crippen LogP contribution in [0.15, 0.2) is 84.9 Å². The molecule has 4 aromatic rings. The van der Waals surface area contributed by atoms with Crippen molar-refractivity contribution in [1.29, 1.82) is 0 Å². The van der Waals surface area contributed by atoms with Crippen LogP contribution in [0.25, 0.3) is 0 Å². The van der Waals surface area contributed by atoms with Gasteiger partial charge in [-0.25, -0.2) is 0 Å². The van der Waals surface area contributed by atoms with Gasteiger partial charge in [-0.15, -0.1) is 0 Å². The second-order valence-corrected chi connectivity index (χ2v) is 10.4. The van der Waals surface area contributed by atoms with E-state index in [0.717, 1.165) is 5.56 Å². The Morgan fingerprint density at radius 2 is 1.70 bits per heavy atom. The summed E-state index contributed by atoms with van der Waals surface area (Å²) in [6.45, 7) is 0.972. The number of methoxy groups -OCH3 is 2. The van der Waals surface area contributed by atoms with E-state index >= 15 is 0 Å². The number of phenols is 1. The molecule has 0 amide bonds. The van der Waals surface area contributed by atoms with Crippen molar-refractivity contribution >= 4 is 5.97 Å². The third-order valence-electron chi connectivity index (χ3n) is 7.97. The van der Waals surface area contributed by atoms with E-state index in [1.54, 1.807) is 36.4 Å². The van der Waals surface area contributed by atoms with Gasteiger partial charge in [-0.1, -0.05) is 42.5 Å². The molecule has 0 saturated carbocycles. The molecule has 1 unspecified atom stereocenters. The predicted octanol–water partition coefficient (Wildman–Crippen LogP) is 4.90. The standard InChI is InChI=1S/C34H32O9.Pr/c1-38-24-10-12-26(29(18-24)41-15-14-40-19-21-6-4-3-5-7-21)34(37)27-17-23(35)9-11-25(27)31(32(34)33(36)39-2)22-8-13-28-30(16-22)43-20-42-28;/h3-13,16-18,31-32,35,37H,14-15,19-20H2,1-2H3;/t31-,32-,34?;/m0./s1. The van der Waals surface area contributed by atoms with E-state index in [4.69, 9.17) is 28.4 Å². The van der Waals surface area contributed by atoms with Gasteiger partial charge >= 0.3 is 5.97 Å². The molecule has 2 N–H and O–H groups in total. The van der Waals surface area contributed by atoms with E-state index < -0.39 is 23.4 Å². The summed E-state index contributed by atoms with van der Waals surface area (Å²) >= 11 is 0. The number of ether oxygens (including phenoxy) is 6. The average Bonchev–Trinajstić information content (AvgIpc) is 3.61. The van der Waals surface area contributed by atoms with Crippen LogP contribution in [-0.2, 0) is 26.5 Å². The van der Waals surface area contributed by atoms with E-state index in [-0.39, 0.29) is 67.0 Å². The van der Waals surface area contributed by atoms with Gasteiger partial charge in [0.05, 0.1) is 27.4 Å². The van der Waals surface area contributed by atoms with Crippen molar-refractivity contribution in [3.05, 3.63) is 113 Å². The van der Waals surface area contributed by atoms with Crippen LogP contribution in [0, 0.1) is 47.2 Å². The molecule has 9 nitrogen and oxygen atoms in total. The smallest absolute Gasteiger partial charge is 0.313 e. The first-order valence-electron chi connectivity index (χ1n) is 13.9. The molecule has 2 aliphatic rings. The number of carbonyl (C=O) groups excluding carboxylic acids is 1. The number of phenolic OH excluding ortho intramolecular Hbond substituents is 1. The van der Waals surface area contributed by atoms with Crippen LogP contribution in [0.4, 0.5) is 0 Å². The molecule has 1 heterocycles. The number of esters is 1. The van der Waals surface area contributed by atoms with E-state index in [2.05, 4.69) is 0 Å². The number of benzene rings is 4. The maximum atomic E-state index is 13.7. The quantitative estimate of drug-likeness (QED) is 0.174. The Kier molecular flexibility index (Phi) is 10.00. The third-order valence-corrected chi connectivity index (χ3v) is 7.97. The molecule has 1 radical (unpaired) electrons. The van der Waals surface area contributed by atoms with Crippen LogP contribution in [0.2, 0.25) is 0 Å². The van der Waals surface area contributed by atoms with E-state index in [1.807, 2.05) is 36.4 Å². The Morgan fingerprint density at radius 1 is 0.909 bits per heavy atom. The molecule has 1 aliphatic carbocycles. The normalized spacial score (nSPS) is 19.5. The van der Waals surface area contributed by atoms with E-state index in [1.165, 1.54) is 26.4 Å². The summed E-state index contributed by atoms with van der Waals surface area (Å²) in [7, 11) is 2.82. The molecule has 3 atom stereocenters. The van der Waals surface area contributed by atoms with Gasteiger partial charge in [0.2, 0.25) is 6.79 Å². The van der Waals surface area contributed by atoms with Crippen molar-refractivity contribution in [2.45, 2.75) is 18.1 Å². The van der Waals surface area contributed by atoms with Gasteiger partial charge in [0.1, 0.15) is 35.4 Å². The zero-order valence-electron chi connectivity index (χ0n) is 24.4. The van der Waals surface area contributed by atoms with Crippen LogP contribution >= 0.6 is 0 Å². The summed E-state index contributed by atoms with van der Waals surface area (Å²) < 4.78 is 33.8. The maximum Gasteiger partial charge on any atom is 0.313 e. The van der Waals surface area contributed by atoms with Crippen molar-refractivity contribution < 1.29 is 84.7 Å². The van der Waals surface area contributed by atoms with Crippen molar-refractivity contribution in [3.63, 3.8) is 0 Å². The first-order chi connectivity index (χ1) is 20.9. The number of fused-ring (bicyclic) bond motifs is 2. The van der Waals surface area contributed by atoms with Gasteiger partial charge < -0.3 is 38.6 Å². The fourth-order valence-corrected chi connectivity index (χ4v) is 6.00. The Labute approximate surface area is 288 Å². The van der Waals surface area contributed by atoms with Crippen LogP contribution in [0.3, 0.4) is 0 Å². The van der Waals surface area contributed by atoms with Crippen molar-refractivity contribution in [2.75, 3.05) is 34.2 Å². The number of aliphatic hydroxyl groups is 1. The van der Waals surface area contributed by atoms with Gasteiger partial charge in [-0.05, 0) is 58.7 Å². The summed E-state index contributed by atoms with van der Waals surface area (Å²) in [6.07, 6.45) is 0. The molecule has 0 spiro atoms. The minimum absolute atomic E-state index is 0. The van der Waals surface area contributed by atoms with Gasteiger partial charge in [-0.2, -0.15) is 0 Å². The van der Waals surface area contributed by atoms with Crippen LogP contribution < -0.4 is 18.9 Å².